The minimum Gasteiger partial charge on any atom is -0.366 e. The Morgan fingerprint density at radius 1 is 1.53 bits per heavy atom. The molecule has 0 aromatic rings. The smallest absolute Gasteiger partial charge is 0.246 e. The van der Waals surface area contributed by atoms with E-state index in [1.807, 2.05) is 32.5 Å². The van der Waals surface area contributed by atoms with E-state index in [-0.39, 0.29) is 18.1 Å². The van der Waals surface area contributed by atoms with Crippen LogP contribution in [0.4, 0.5) is 0 Å². The quantitative estimate of drug-likeness (QED) is 0.805. The van der Waals surface area contributed by atoms with Crippen LogP contribution < -0.4 is 5.32 Å². The molecule has 0 aromatic carbocycles. The van der Waals surface area contributed by atoms with E-state index in [2.05, 4.69) is 5.32 Å². The van der Waals surface area contributed by atoms with Crippen molar-refractivity contribution >= 4 is 17.7 Å². The summed E-state index contributed by atoms with van der Waals surface area (Å²) in [6, 6.07) is 0.347. The van der Waals surface area contributed by atoms with Crippen molar-refractivity contribution in [1.82, 2.24) is 5.32 Å². The lowest BCUT2D eigenvalue weighted by molar-refractivity contribution is -0.131. The van der Waals surface area contributed by atoms with Gasteiger partial charge >= 0.3 is 0 Å². The average molecular weight is 231 g/mol. The zero-order chi connectivity index (χ0) is 11.3. The highest BCUT2D eigenvalue weighted by molar-refractivity contribution is 7.99. The fourth-order valence-corrected chi connectivity index (χ4v) is 2.48. The van der Waals surface area contributed by atoms with Gasteiger partial charge in [-0.15, -0.1) is 0 Å². The fraction of sp³-hybridized carbons (Fsp3) is 0.909. The Balaban J connectivity index is 2.17. The second-order valence-electron chi connectivity index (χ2n) is 4.88. The summed E-state index contributed by atoms with van der Waals surface area (Å²) < 4.78 is 5.41. The van der Waals surface area contributed by atoms with E-state index < -0.39 is 0 Å². The Bertz CT molecular complexity index is 207. The van der Waals surface area contributed by atoms with Gasteiger partial charge in [0.15, 0.2) is 0 Å². The Hall–Kier alpha value is -0.220. The molecule has 1 fully saturated rings. The number of amides is 1. The minimum absolute atomic E-state index is 0.0115. The van der Waals surface area contributed by atoms with Gasteiger partial charge in [-0.3, -0.25) is 4.79 Å². The van der Waals surface area contributed by atoms with Gasteiger partial charge in [-0.25, -0.2) is 0 Å². The molecule has 0 saturated carbocycles. The summed E-state index contributed by atoms with van der Waals surface area (Å²) in [5, 5.41) is 3.01. The highest BCUT2D eigenvalue weighted by Crippen LogP contribution is 2.16. The maximum Gasteiger partial charge on any atom is 0.246 e. The molecule has 0 radical (unpaired) electrons. The monoisotopic (exact) mass is 231 g/mol. The molecule has 1 unspecified atom stereocenters. The molecule has 1 atom stereocenters. The molecule has 1 aliphatic rings. The summed E-state index contributed by atoms with van der Waals surface area (Å²) >= 11 is 1.91. The number of rotatable bonds is 3. The molecule has 1 N–H and O–H groups in total. The van der Waals surface area contributed by atoms with Gasteiger partial charge in [-0.2, -0.15) is 11.8 Å². The van der Waals surface area contributed by atoms with Crippen molar-refractivity contribution in [2.75, 3.05) is 18.1 Å². The molecule has 3 nitrogen and oxygen atoms in total. The van der Waals surface area contributed by atoms with E-state index in [9.17, 15) is 4.79 Å². The first-order valence-electron chi connectivity index (χ1n) is 5.48. The van der Waals surface area contributed by atoms with Gasteiger partial charge in [0, 0.05) is 11.8 Å². The maximum absolute atomic E-state index is 11.5. The number of carbonyl (C=O) groups excluding carboxylic acids is 1. The van der Waals surface area contributed by atoms with Gasteiger partial charge in [0.2, 0.25) is 5.91 Å². The zero-order valence-electron chi connectivity index (χ0n) is 9.84. The first kappa shape index (κ1) is 12.8. The third kappa shape index (κ3) is 6.05. The number of thioether (sulfide) groups is 1. The van der Waals surface area contributed by atoms with E-state index in [1.54, 1.807) is 0 Å². The first-order chi connectivity index (χ1) is 6.97. The topological polar surface area (TPSA) is 38.3 Å². The van der Waals surface area contributed by atoms with E-state index >= 15 is 0 Å². The third-order valence-corrected chi connectivity index (χ3v) is 3.38. The fourth-order valence-electron chi connectivity index (χ4n) is 1.41. The minimum atomic E-state index is -0.237. The number of carbonyl (C=O) groups is 1. The molecule has 88 valence electrons. The van der Waals surface area contributed by atoms with Gasteiger partial charge in [-0.1, -0.05) is 0 Å². The number of hydrogen-bond donors (Lipinski definition) is 1. The molecule has 4 heteroatoms. The molecular weight excluding hydrogens is 210 g/mol. The third-order valence-electron chi connectivity index (χ3n) is 2.16. The molecule has 0 bridgehead atoms. The molecule has 1 aliphatic heterocycles. The van der Waals surface area contributed by atoms with Crippen molar-refractivity contribution in [2.24, 2.45) is 0 Å². The molecule has 0 aliphatic carbocycles. The van der Waals surface area contributed by atoms with Crippen LogP contribution in [-0.4, -0.2) is 35.7 Å². The van der Waals surface area contributed by atoms with E-state index in [4.69, 9.17) is 4.74 Å². The lowest BCUT2D eigenvalue weighted by Gasteiger charge is -2.24. The van der Waals surface area contributed by atoms with Crippen molar-refractivity contribution in [2.45, 2.75) is 45.3 Å². The van der Waals surface area contributed by atoms with Gasteiger partial charge in [0.25, 0.3) is 0 Å². The molecule has 15 heavy (non-hydrogen) atoms. The second kappa shape index (κ2) is 5.75. The summed E-state index contributed by atoms with van der Waals surface area (Å²) in [5.74, 6) is 2.28. The van der Waals surface area contributed by atoms with Crippen LogP contribution in [-0.2, 0) is 9.53 Å². The van der Waals surface area contributed by atoms with E-state index in [0.717, 1.165) is 12.2 Å². The Morgan fingerprint density at radius 3 is 2.80 bits per heavy atom. The predicted octanol–water partition coefficient (Wildman–Crippen LogP) is 1.81. The second-order valence-corrected chi connectivity index (χ2v) is 6.03. The molecule has 1 amide bonds. The number of ether oxygens (including phenoxy) is 1. The molecule has 1 rings (SSSR count). The van der Waals surface area contributed by atoms with E-state index in [0.29, 0.717) is 6.04 Å². The average Bonchev–Trinajstić information content (AvgIpc) is 2.15. The van der Waals surface area contributed by atoms with Crippen molar-refractivity contribution in [3.63, 3.8) is 0 Å². The van der Waals surface area contributed by atoms with Gasteiger partial charge in [-0.05, 0) is 39.4 Å². The lowest BCUT2D eigenvalue weighted by Crippen LogP contribution is -2.41. The van der Waals surface area contributed by atoms with Crippen LogP contribution in [0.2, 0.25) is 0 Å². The summed E-state index contributed by atoms with van der Waals surface area (Å²) in [6.07, 6.45) is 2.31. The zero-order valence-corrected chi connectivity index (χ0v) is 10.7. The van der Waals surface area contributed by atoms with Crippen molar-refractivity contribution in [3.8, 4) is 0 Å². The lowest BCUT2D eigenvalue weighted by atomic mass is 10.2. The summed E-state index contributed by atoms with van der Waals surface area (Å²) in [5.41, 5.74) is -0.237. The van der Waals surface area contributed by atoms with Crippen LogP contribution in [0.15, 0.2) is 0 Å². The predicted molar refractivity (Wildman–Crippen MR) is 64.2 cm³/mol. The van der Waals surface area contributed by atoms with Crippen molar-refractivity contribution < 1.29 is 9.53 Å². The normalized spacial score (nSPS) is 22.5. The number of nitrogens with one attached hydrogen (secondary N) is 1. The summed E-state index contributed by atoms with van der Waals surface area (Å²) in [6.45, 7) is 6.04. The van der Waals surface area contributed by atoms with Gasteiger partial charge in [0.05, 0.1) is 5.60 Å². The highest BCUT2D eigenvalue weighted by atomic mass is 32.2. The van der Waals surface area contributed by atoms with Crippen LogP contribution in [0.25, 0.3) is 0 Å². The standard InChI is InChI=1S/C11H21NO2S/c1-11(2,3)14-7-10(13)12-9-5-4-6-15-8-9/h9H,4-8H2,1-3H3,(H,12,13). The molecule has 0 aromatic heterocycles. The Kier molecular flexibility index (Phi) is 4.93. The van der Waals surface area contributed by atoms with Crippen LogP contribution >= 0.6 is 11.8 Å². The van der Waals surface area contributed by atoms with Crippen molar-refractivity contribution in [1.29, 1.82) is 0 Å². The molecule has 0 spiro atoms. The van der Waals surface area contributed by atoms with Gasteiger partial charge in [0.1, 0.15) is 6.61 Å². The molecule has 1 heterocycles. The van der Waals surface area contributed by atoms with Crippen LogP contribution in [0, 0.1) is 0 Å². The van der Waals surface area contributed by atoms with E-state index in [1.165, 1.54) is 12.2 Å². The number of hydrogen-bond acceptors (Lipinski definition) is 3. The first-order valence-corrected chi connectivity index (χ1v) is 6.64. The Labute approximate surface area is 96.3 Å². The Morgan fingerprint density at radius 2 is 2.27 bits per heavy atom. The maximum atomic E-state index is 11.5. The summed E-state index contributed by atoms with van der Waals surface area (Å²) in [7, 11) is 0. The van der Waals surface area contributed by atoms with Crippen LogP contribution in [0.5, 0.6) is 0 Å². The molecule has 1 saturated heterocycles. The van der Waals surface area contributed by atoms with Gasteiger partial charge < -0.3 is 10.1 Å². The summed E-state index contributed by atoms with van der Waals surface area (Å²) in [4.78, 5) is 11.5. The van der Waals surface area contributed by atoms with Crippen LogP contribution in [0.3, 0.4) is 0 Å². The largest absolute Gasteiger partial charge is 0.366 e. The SMILES string of the molecule is CC(C)(C)OCC(=O)NC1CCCSC1. The van der Waals surface area contributed by atoms with Crippen LogP contribution in [0.1, 0.15) is 33.6 Å². The van der Waals surface area contributed by atoms with Crippen molar-refractivity contribution in [3.05, 3.63) is 0 Å². The molecular formula is C11H21NO2S. The highest BCUT2D eigenvalue weighted by Gasteiger charge is 2.18.